The number of anilines is 2. The van der Waals surface area contributed by atoms with Crippen molar-refractivity contribution >= 4 is 22.4 Å². The van der Waals surface area contributed by atoms with Gasteiger partial charge in [-0.1, -0.05) is 20.8 Å². The van der Waals surface area contributed by atoms with Gasteiger partial charge in [0.1, 0.15) is 5.82 Å². The average Bonchev–Trinajstić information content (AvgIpc) is 2.27. The summed E-state index contributed by atoms with van der Waals surface area (Å²) in [6.45, 7) is 7.67. The minimum absolute atomic E-state index is 0.346. The summed E-state index contributed by atoms with van der Waals surface area (Å²) in [5.41, 5.74) is 7.84. The van der Waals surface area contributed by atoms with Crippen LogP contribution in [-0.4, -0.2) is 11.5 Å². The molecule has 0 aliphatic heterocycles. The van der Waals surface area contributed by atoms with Crippen LogP contribution < -0.4 is 11.1 Å². The van der Waals surface area contributed by atoms with Gasteiger partial charge in [-0.15, -0.1) is 0 Å². The molecule has 0 bridgehead atoms. The fraction of sp³-hybridized carbons (Fsp3) is 0.400. The van der Waals surface area contributed by atoms with E-state index >= 15 is 0 Å². The fourth-order valence-corrected chi connectivity index (χ4v) is 1.81. The first kappa shape index (κ1) is 12.7. The van der Waals surface area contributed by atoms with Gasteiger partial charge in [0.25, 0.3) is 0 Å². The highest BCUT2D eigenvalue weighted by molar-refractivity contribution is 5.83. The lowest BCUT2D eigenvalue weighted by Crippen LogP contribution is -2.13. The molecule has 0 saturated heterocycles. The molecule has 3 heteroatoms. The molecular formula is C15H21N3. The summed E-state index contributed by atoms with van der Waals surface area (Å²) in [7, 11) is 0. The molecule has 0 radical (unpaired) electrons. The number of hydrogen-bond acceptors (Lipinski definition) is 3. The first-order chi connectivity index (χ1) is 8.44. The van der Waals surface area contributed by atoms with E-state index in [1.807, 2.05) is 24.3 Å². The van der Waals surface area contributed by atoms with Gasteiger partial charge in [0.05, 0.1) is 5.52 Å². The Labute approximate surface area is 108 Å². The van der Waals surface area contributed by atoms with E-state index in [-0.39, 0.29) is 0 Å². The molecule has 0 saturated carbocycles. The molecule has 0 aliphatic rings. The van der Waals surface area contributed by atoms with Gasteiger partial charge in [0.2, 0.25) is 0 Å². The van der Waals surface area contributed by atoms with Crippen LogP contribution in [0.4, 0.5) is 11.5 Å². The lowest BCUT2D eigenvalue weighted by molar-refractivity contribution is 0.389. The molecule has 2 aromatic rings. The van der Waals surface area contributed by atoms with Crippen LogP contribution in [0.3, 0.4) is 0 Å². The molecule has 1 aromatic carbocycles. The van der Waals surface area contributed by atoms with Crippen molar-refractivity contribution in [3.63, 3.8) is 0 Å². The molecule has 96 valence electrons. The highest BCUT2D eigenvalue weighted by atomic mass is 15.0. The molecule has 0 atom stereocenters. The summed E-state index contributed by atoms with van der Waals surface area (Å²) in [5.74, 6) is 0.927. The predicted molar refractivity (Wildman–Crippen MR) is 78.7 cm³/mol. The number of benzene rings is 1. The second-order valence-corrected chi connectivity index (χ2v) is 5.89. The predicted octanol–water partition coefficient (Wildman–Crippen LogP) is 3.67. The minimum Gasteiger partial charge on any atom is -0.399 e. The van der Waals surface area contributed by atoms with Crippen molar-refractivity contribution in [3.05, 3.63) is 30.3 Å². The Morgan fingerprint density at radius 2 is 1.94 bits per heavy atom. The van der Waals surface area contributed by atoms with Crippen LogP contribution in [0, 0.1) is 5.41 Å². The highest BCUT2D eigenvalue weighted by Crippen LogP contribution is 2.20. The van der Waals surface area contributed by atoms with Crippen molar-refractivity contribution in [2.45, 2.75) is 27.2 Å². The quantitative estimate of drug-likeness (QED) is 0.809. The first-order valence-electron chi connectivity index (χ1n) is 6.34. The third-order valence-electron chi connectivity index (χ3n) is 2.89. The first-order valence-corrected chi connectivity index (χ1v) is 6.34. The zero-order valence-electron chi connectivity index (χ0n) is 11.3. The molecule has 1 aromatic heterocycles. The summed E-state index contributed by atoms with van der Waals surface area (Å²) < 4.78 is 0. The number of fused-ring (bicyclic) bond motifs is 1. The molecule has 0 amide bonds. The molecular weight excluding hydrogens is 222 g/mol. The van der Waals surface area contributed by atoms with E-state index < -0.39 is 0 Å². The van der Waals surface area contributed by atoms with Gasteiger partial charge >= 0.3 is 0 Å². The molecule has 0 unspecified atom stereocenters. The van der Waals surface area contributed by atoms with Crippen LogP contribution in [0.25, 0.3) is 10.9 Å². The zero-order valence-corrected chi connectivity index (χ0v) is 11.3. The average molecular weight is 243 g/mol. The topological polar surface area (TPSA) is 50.9 Å². The van der Waals surface area contributed by atoms with Crippen LogP contribution >= 0.6 is 0 Å². The minimum atomic E-state index is 0.346. The fourth-order valence-electron chi connectivity index (χ4n) is 1.81. The number of nitrogens with two attached hydrogens (primary N) is 1. The van der Waals surface area contributed by atoms with Gasteiger partial charge in [-0.3, -0.25) is 0 Å². The summed E-state index contributed by atoms with van der Waals surface area (Å²) >= 11 is 0. The summed E-state index contributed by atoms with van der Waals surface area (Å²) in [6.07, 6.45) is 1.12. The van der Waals surface area contributed by atoms with Gasteiger partial charge < -0.3 is 11.1 Å². The monoisotopic (exact) mass is 243 g/mol. The van der Waals surface area contributed by atoms with Gasteiger partial charge in [-0.05, 0) is 42.2 Å². The SMILES string of the molecule is CC(C)(C)CCNc1ccc2cc(N)ccc2n1. The van der Waals surface area contributed by atoms with Crippen molar-refractivity contribution in [3.8, 4) is 0 Å². The van der Waals surface area contributed by atoms with Gasteiger partial charge in [-0.25, -0.2) is 4.98 Å². The van der Waals surface area contributed by atoms with E-state index in [2.05, 4.69) is 37.1 Å². The Morgan fingerprint density at radius 3 is 2.67 bits per heavy atom. The maximum atomic E-state index is 5.75. The lowest BCUT2D eigenvalue weighted by atomic mass is 9.92. The number of nitrogens with one attached hydrogen (secondary N) is 1. The normalized spacial score (nSPS) is 11.7. The third-order valence-corrected chi connectivity index (χ3v) is 2.89. The molecule has 3 N–H and O–H groups in total. The Morgan fingerprint density at radius 1 is 1.17 bits per heavy atom. The second kappa shape index (κ2) is 4.84. The van der Waals surface area contributed by atoms with Crippen LogP contribution in [0.5, 0.6) is 0 Å². The standard InChI is InChI=1S/C15H21N3/c1-15(2,3)8-9-17-14-7-4-11-10-12(16)5-6-13(11)18-14/h4-7,10H,8-9,16H2,1-3H3,(H,17,18). The van der Waals surface area contributed by atoms with Crippen molar-refractivity contribution in [2.24, 2.45) is 5.41 Å². The van der Waals surface area contributed by atoms with E-state index in [4.69, 9.17) is 5.73 Å². The number of nitrogens with zero attached hydrogens (tertiary/aromatic N) is 1. The number of hydrogen-bond donors (Lipinski definition) is 2. The van der Waals surface area contributed by atoms with E-state index in [0.29, 0.717) is 5.41 Å². The maximum Gasteiger partial charge on any atom is 0.126 e. The Hall–Kier alpha value is -1.77. The van der Waals surface area contributed by atoms with Crippen LogP contribution in [0.1, 0.15) is 27.2 Å². The summed E-state index contributed by atoms with van der Waals surface area (Å²) in [5, 5.41) is 4.45. The lowest BCUT2D eigenvalue weighted by Gasteiger charge is -2.18. The van der Waals surface area contributed by atoms with E-state index in [0.717, 1.165) is 35.4 Å². The van der Waals surface area contributed by atoms with E-state index in [1.54, 1.807) is 0 Å². The number of pyridine rings is 1. The molecule has 1 heterocycles. The number of nitrogen functional groups attached to an aromatic ring is 1. The van der Waals surface area contributed by atoms with Gasteiger partial charge in [0, 0.05) is 17.6 Å². The van der Waals surface area contributed by atoms with Gasteiger partial charge in [0.15, 0.2) is 0 Å². The van der Waals surface area contributed by atoms with E-state index in [9.17, 15) is 0 Å². The summed E-state index contributed by atoms with van der Waals surface area (Å²) in [4.78, 5) is 4.57. The van der Waals surface area contributed by atoms with Crippen molar-refractivity contribution in [1.29, 1.82) is 0 Å². The molecule has 0 fully saturated rings. The highest BCUT2D eigenvalue weighted by Gasteiger charge is 2.09. The Bertz CT molecular complexity index is 541. The summed E-state index contributed by atoms with van der Waals surface area (Å²) in [6, 6.07) is 9.84. The van der Waals surface area contributed by atoms with E-state index in [1.165, 1.54) is 0 Å². The van der Waals surface area contributed by atoms with Crippen molar-refractivity contribution < 1.29 is 0 Å². The van der Waals surface area contributed by atoms with Crippen LogP contribution in [0.15, 0.2) is 30.3 Å². The molecule has 3 nitrogen and oxygen atoms in total. The van der Waals surface area contributed by atoms with Crippen molar-refractivity contribution in [1.82, 2.24) is 4.98 Å². The molecule has 2 rings (SSSR count). The second-order valence-electron chi connectivity index (χ2n) is 5.89. The van der Waals surface area contributed by atoms with Crippen LogP contribution in [0.2, 0.25) is 0 Å². The Kier molecular flexibility index (Phi) is 3.41. The largest absolute Gasteiger partial charge is 0.399 e. The Balaban J connectivity index is 2.08. The number of aromatic nitrogens is 1. The maximum absolute atomic E-state index is 5.75. The number of rotatable bonds is 3. The van der Waals surface area contributed by atoms with Crippen molar-refractivity contribution in [2.75, 3.05) is 17.6 Å². The molecule has 18 heavy (non-hydrogen) atoms. The third kappa shape index (κ3) is 3.36. The molecule has 0 aliphatic carbocycles. The van der Waals surface area contributed by atoms with Crippen LogP contribution in [-0.2, 0) is 0 Å². The molecule has 0 spiro atoms. The van der Waals surface area contributed by atoms with Gasteiger partial charge in [-0.2, -0.15) is 0 Å². The smallest absolute Gasteiger partial charge is 0.126 e. The zero-order chi connectivity index (χ0) is 13.2.